The molecule has 2 N–H and O–H groups in total. The molecule has 114 valence electrons. The van der Waals surface area contributed by atoms with Gasteiger partial charge < -0.3 is 5.32 Å². The first-order valence-electron chi connectivity index (χ1n) is 7.21. The molecule has 0 radical (unpaired) electrons. The number of benzene rings is 1. The van der Waals surface area contributed by atoms with Crippen LogP contribution in [0.2, 0.25) is 0 Å². The average molecular weight is 296 g/mol. The van der Waals surface area contributed by atoms with Crippen molar-refractivity contribution in [3.05, 3.63) is 59.9 Å². The zero-order chi connectivity index (χ0) is 15.8. The van der Waals surface area contributed by atoms with Crippen molar-refractivity contribution in [3.8, 4) is 0 Å². The van der Waals surface area contributed by atoms with Crippen LogP contribution in [0.3, 0.4) is 0 Å². The summed E-state index contributed by atoms with van der Waals surface area (Å²) in [6, 6.07) is 11.6. The minimum atomic E-state index is -0.191. The maximum absolute atomic E-state index is 11.8. The molecule has 0 aliphatic heterocycles. The van der Waals surface area contributed by atoms with Crippen molar-refractivity contribution in [2.24, 2.45) is 5.10 Å². The van der Waals surface area contributed by atoms with Gasteiger partial charge in [0.25, 0.3) is 5.91 Å². The molecule has 2 rings (SSSR count). The Morgan fingerprint density at radius 3 is 2.68 bits per heavy atom. The number of nitrogens with one attached hydrogen (secondary N) is 2. The molecular formula is C17H20N4O. The molecule has 0 aliphatic rings. The van der Waals surface area contributed by atoms with Crippen molar-refractivity contribution in [2.75, 3.05) is 11.9 Å². The molecular weight excluding hydrogens is 276 g/mol. The van der Waals surface area contributed by atoms with Crippen LogP contribution in [-0.2, 0) is 4.79 Å². The fourth-order valence-electron chi connectivity index (χ4n) is 2.00. The number of aromatic nitrogens is 1. The van der Waals surface area contributed by atoms with E-state index < -0.39 is 0 Å². The van der Waals surface area contributed by atoms with Gasteiger partial charge in [-0.15, -0.1) is 0 Å². The fraction of sp³-hybridized carbons (Fsp3) is 0.235. The summed E-state index contributed by atoms with van der Waals surface area (Å²) in [6.45, 7) is 4.43. The number of hydrazone groups is 1. The Morgan fingerprint density at radius 2 is 1.95 bits per heavy atom. The summed E-state index contributed by atoms with van der Waals surface area (Å²) in [7, 11) is 0. The minimum Gasteiger partial charge on any atom is -0.376 e. The number of anilines is 1. The smallest absolute Gasteiger partial charge is 0.259 e. The van der Waals surface area contributed by atoms with Crippen LogP contribution in [0.4, 0.5) is 5.69 Å². The van der Waals surface area contributed by atoms with E-state index >= 15 is 0 Å². The van der Waals surface area contributed by atoms with Gasteiger partial charge in [-0.05, 0) is 35.2 Å². The highest BCUT2D eigenvalue weighted by Gasteiger charge is 2.06. The van der Waals surface area contributed by atoms with Crippen molar-refractivity contribution in [1.29, 1.82) is 0 Å². The van der Waals surface area contributed by atoms with E-state index in [9.17, 15) is 4.79 Å². The molecule has 5 heteroatoms. The van der Waals surface area contributed by atoms with E-state index in [2.05, 4.69) is 40.7 Å². The SMILES string of the molecule is CC(C)c1ccccc1NCC(=O)N/N=C/c1ccncc1. The number of carbonyl (C=O) groups is 1. The molecule has 2 aromatic rings. The third-order valence-corrected chi connectivity index (χ3v) is 3.13. The van der Waals surface area contributed by atoms with Crippen LogP contribution in [0.1, 0.15) is 30.9 Å². The van der Waals surface area contributed by atoms with Crippen molar-refractivity contribution >= 4 is 17.8 Å². The van der Waals surface area contributed by atoms with Gasteiger partial charge in [0.05, 0.1) is 12.8 Å². The summed E-state index contributed by atoms with van der Waals surface area (Å²) in [5.41, 5.74) is 5.55. The van der Waals surface area contributed by atoms with Crippen LogP contribution in [0.25, 0.3) is 0 Å². The van der Waals surface area contributed by atoms with Gasteiger partial charge in [0.2, 0.25) is 0 Å². The topological polar surface area (TPSA) is 66.4 Å². The highest BCUT2D eigenvalue weighted by atomic mass is 16.2. The van der Waals surface area contributed by atoms with Gasteiger partial charge in [0, 0.05) is 18.1 Å². The van der Waals surface area contributed by atoms with Crippen molar-refractivity contribution in [3.63, 3.8) is 0 Å². The summed E-state index contributed by atoms with van der Waals surface area (Å²) in [4.78, 5) is 15.7. The van der Waals surface area contributed by atoms with Gasteiger partial charge in [-0.1, -0.05) is 32.0 Å². The number of para-hydroxylation sites is 1. The van der Waals surface area contributed by atoms with Gasteiger partial charge in [-0.3, -0.25) is 9.78 Å². The molecule has 0 fully saturated rings. The number of amides is 1. The van der Waals surface area contributed by atoms with E-state index in [0.717, 1.165) is 11.3 Å². The van der Waals surface area contributed by atoms with E-state index in [1.54, 1.807) is 18.6 Å². The van der Waals surface area contributed by atoms with Crippen molar-refractivity contribution in [1.82, 2.24) is 10.4 Å². The molecule has 1 aromatic heterocycles. The second-order valence-electron chi connectivity index (χ2n) is 5.17. The highest BCUT2D eigenvalue weighted by molar-refractivity contribution is 5.84. The number of pyridine rings is 1. The molecule has 0 saturated heterocycles. The third kappa shape index (κ3) is 4.70. The number of carbonyl (C=O) groups excluding carboxylic acids is 1. The Labute approximate surface area is 130 Å². The molecule has 22 heavy (non-hydrogen) atoms. The van der Waals surface area contributed by atoms with Gasteiger partial charge in [0.15, 0.2) is 0 Å². The normalized spacial score (nSPS) is 10.9. The van der Waals surface area contributed by atoms with Gasteiger partial charge in [0.1, 0.15) is 0 Å². The number of hydrogen-bond donors (Lipinski definition) is 2. The predicted molar refractivity (Wildman–Crippen MR) is 89.0 cm³/mol. The number of nitrogens with zero attached hydrogens (tertiary/aromatic N) is 2. The van der Waals surface area contributed by atoms with Crippen LogP contribution in [0.15, 0.2) is 53.9 Å². The predicted octanol–water partition coefficient (Wildman–Crippen LogP) is 2.77. The Morgan fingerprint density at radius 1 is 1.23 bits per heavy atom. The standard InChI is InChI=1S/C17H20N4O/c1-13(2)15-5-3-4-6-16(15)19-12-17(22)21-20-11-14-7-9-18-10-8-14/h3-11,13,19H,12H2,1-2H3,(H,21,22)/b20-11+. The van der Waals surface area contributed by atoms with Crippen molar-refractivity contribution in [2.45, 2.75) is 19.8 Å². The quantitative estimate of drug-likeness (QED) is 0.636. The zero-order valence-electron chi connectivity index (χ0n) is 12.8. The summed E-state index contributed by atoms with van der Waals surface area (Å²) in [6.07, 6.45) is 4.93. The Balaban J connectivity index is 1.85. The summed E-state index contributed by atoms with van der Waals surface area (Å²) in [5.74, 6) is 0.209. The van der Waals surface area contributed by atoms with Crippen LogP contribution in [0, 0.1) is 0 Å². The van der Waals surface area contributed by atoms with Crippen LogP contribution in [-0.4, -0.2) is 23.7 Å². The van der Waals surface area contributed by atoms with E-state index in [-0.39, 0.29) is 12.5 Å². The fourth-order valence-corrected chi connectivity index (χ4v) is 2.00. The Kier molecular flexibility index (Phi) is 5.65. The molecule has 0 bridgehead atoms. The van der Waals surface area contributed by atoms with Gasteiger partial charge in [-0.25, -0.2) is 5.43 Å². The molecule has 1 heterocycles. The first-order chi connectivity index (χ1) is 10.7. The summed E-state index contributed by atoms with van der Waals surface area (Å²) in [5, 5.41) is 7.07. The van der Waals surface area contributed by atoms with Crippen LogP contribution < -0.4 is 10.7 Å². The van der Waals surface area contributed by atoms with Gasteiger partial charge >= 0.3 is 0 Å². The lowest BCUT2D eigenvalue weighted by Crippen LogP contribution is -2.26. The van der Waals surface area contributed by atoms with E-state index in [1.165, 1.54) is 5.56 Å². The lowest BCUT2D eigenvalue weighted by molar-refractivity contribution is -0.119. The third-order valence-electron chi connectivity index (χ3n) is 3.13. The monoisotopic (exact) mass is 296 g/mol. The largest absolute Gasteiger partial charge is 0.376 e. The molecule has 0 aliphatic carbocycles. The Hall–Kier alpha value is -2.69. The zero-order valence-corrected chi connectivity index (χ0v) is 12.8. The van der Waals surface area contributed by atoms with E-state index in [1.807, 2.05) is 30.3 Å². The van der Waals surface area contributed by atoms with Gasteiger partial charge in [-0.2, -0.15) is 5.10 Å². The maximum Gasteiger partial charge on any atom is 0.259 e. The highest BCUT2D eigenvalue weighted by Crippen LogP contribution is 2.23. The first-order valence-corrected chi connectivity index (χ1v) is 7.21. The lowest BCUT2D eigenvalue weighted by atomic mass is 10.0. The molecule has 0 saturated carbocycles. The second-order valence-corrected chi connectivity index (χ2v) is 5.17. The summed E-state index contributed by atoms with van der Waals surface area (Å²) < 4.78 is 0. The maximum atomic E-state index is 11.8. The minimum absolute atomic E-state index is 0.178. The lowest BCUT2D eigenvalue weighted by Gasteiger charge is -2.13. The molecule has 0 atom stereocenters. The first kappa shape index (κ1) is 15.7. The Bertz CT molecular complexity index is 638. The second kappa shape index (κ2) is 7.93. The van der Waals surface area contributed by atoms with E-state index in [4.69, 9.17) is 0 Å². The molecule has 1 aromatic carbocycles. The average Bonchev–Trinajstić information content (AvgIpc) is 2.54. The van der Waals surface area contributed by atoms with Crippen LogP contribution >= 0.6 is 0 Å². The van der Waals surface area contributed by atoms with E-state index in [0.29, 0.717) is 5.92 Å². The molecule has 0 spiro atoms. The van der Waals surface area contributed by atoms with Crippen LogP contribution in [0.5, 0.6) is 0 Å². The van der Waals surface area contributed by atoms with Crippen molar-refractivity contribution < 1.29 is 4.79 Å². The molecule has 1 amide bonds. The molecule has 5 nitrogen and oxygen atoms in total. The molecule has 0 unspecified atom stereocenters. The number of rotatable bonds is 6. The number of hydrogen-bond acceptors (Lipinski definition) is 4. The summed E-state index contributed by atoms with van der Waals surface area (Å²) >= 11 is 0.